The molecule has 1 heterocycles. The number of aromatic nitrogens is 1. The van der Waals surface area contributed by atoms with Gasteiger partial charge in [-0.25, -0.2) is 9.59 Å². The summed E-state index contributed by atoms with van der Waals surface area (Å²) in [4.78, 5) is 22.9. The first-order valence-corrected chi connectivity index (χ1v) is 7.72. The number of carboxylic acid groups (broad SMARTS) is 1. The van der Waals surface area contributed by atoms with Gasteiger partial charge in [0.25, 0.3) is 0 Å². The van der Waals surface area contributed by atoms with Crippen molar-refractivity contribution in [2.45, 2.75) is 13.0 Å². The van der Waals surface area contributed by atoms with Crippen molar-refractivity contribution >= 4 is 17.1 Å². The van der Waals surface area contributed by atoms with Crippen molar-refractivity contribution in [3.05, 3.63) is 58.6 Å². The molecule has 0 aliphatic rings. The number of ether oxygens (including phenoxy) is 2. The number of aromatic carboxylic acids is 1. The van der Waals surface area contributed by atoms with Crippen molar-refractivity contribution in [2.24, 2.45) is 0 Å². The summed E-state index contributed by atoms with van der Waals surface area (Å²) in [5.74, 6) is -0.104. The topological polar surface area (TPSA) is 90.9 Å². The number of methoxy groups -OCH3 is 1. The molecular weight excluding hydrogens is 326 g/mol. The predicted molar refractivity (Wildman–Crippen MR) is 90.5 cm³/mol. The van der Waals surface area contributed by atoms with Crippen LogP contribution in [0.3, 0.4) is 0 Å². The SMILES string of the molecule is COc1ccc(OCCCn2c(=O)oc3cc(C(=O)O)ccc32)cc1. The van der Waals surface area contributed by atoms with Crippen molar-refractivity contribution in [3.8, 4) is 11.5 Å². The van der Waals surface area contributed by atoms with Gasteiger partial charge in [0, 0.05) is 6.54 Å². The van der Waals surface area contributed by atoms with E-state index in [-0.39, 0.29) is 11.1 Å². The zero-order valence-corrected chi connectivity index (χ0v) is 13.6. The summed E-state index contributed by atoms with van der Waals surface area (Å²) in [5.41, 5.74) is 0.914. The fraction of sp³-hybridized carbons (Fsp3) is 0.222. The van der Waals surface area contributed by atoms with Crippen LogP contribution >= 0.6 is 0 Å². The van der Waals surface area contributed by atoms with Gasteiger partial charge in [-0.3, -0.25) is 4.57 Å². The van der Waals surface area contributed by atoms with Gasteiger partial charge < -0.3 is 19.0 Å². The second-order valence-electron chi connectivity index (χ2n) is 5.38. The van der Waals surface area contributed by atoms with E-state index in [1.165, 1.54) is 16.7 Å². The van der Waals surface area contributed by atoms with Crippen molar-refractivity contribution < 1.29 is 23.8 Å². The number of hydrogen-bond donors (Lipinski definition) is 1. The van der Waals surface area contributed by atoms with E-state index in [0.717, 1.165) is 11.5 Å². The molecule has 0 spiro atoms. The molecular formula is C18H17NO6. The van der Waals surface area contributed by atoms with Gasteiger partial charge >= 0.3 is 11.7 Å². The zero-order valence-electron chi connectivity index (χ0n) is 13.6. The molecule has 0 saturated carbocycles. The number of nitrogens with zero attached hydrogens (tertiary/aromatic N) is 1. The molecule has 2 aromatic carbocycles. The zero-order chi connectivity index (χ0) is 17.8. The summed E-state index contributed by atoms with van der Waals surface area (Å²) in [6.07, 6.45) is 0.598. The molecule has 1 aromatic heterocycles. The fourth-order valence-corrected chi connectivity index (χ4v) is 2.50. The molecule has 7 heteroatoms. The highest BCUT2D eigenvalue weighted by Gasteiger charge is 2.12. The molecule has 0 aliphatic heterocycles. The molecule has 1 N–H and O–H groups in total. The summed E-state index contributed by atoms with van der Waals surface area (Å²) >= 11 is 0. The Morgan fingerprint density at radius 1 is 1.16 bits per heavy atom. The molecule has 3 rings (SSSR count). The van der Waals surface area contributed by atoms with Crippen LogP contribution in [-0.2, 0) is 6.54 Å². The Morgan fingerprint density at radius 3 is 2.56 bits per heavy atom. The minimum atomic E-state index is -1.06. The smallest absolute Gasteiger partial charge is 0.419 e. The van der Waals surface area contributed by atoms with Crippen LogP contribution in [0, 0.1) is 0 Å². The number of benzene rings is 2. The van der Waals surface area contributed by atoms with Crippen molar-refractivity contribution in [2.75, 3.05) is 13.7 Å². The first-order chi connectivity index (χ1) is 12.1. The highest BCUT2D eigenvalue weighted by atomic mass is 16.5. The van der Waals surface area contributed by atoms with E-state index >= 15 is 0 Å². The van der Waals surface area contributed by atoms with Crippen LogP contribution in [0.25, 0.3) is 11.1 Å². The number of fused-ring (bicyclic) bond motifs is 1. The lowest BCUT2D eigenvalue weighted by Crippen LogP contribution is -2.15. The number of oxazole rings is 1. The molecule has 7 nitrogen and oxygen atoms in total. The maximum Gasteiger partial charge on any atom is 0.419 e. The average Bonchev–Trinajstić information content (AvgIpc) is 2.93. The Morgan fingerprint density at radius 2 is 1.88 bits per heavy atom. The Labute approximate surface area is 143 Å². The molecule has 3 aromatic rings. The Balaban J connectivity index is 1.63. The molecule has 0 atom stereocenters. The summed E-state index contributed by atoms with van der Waals surface area (Å²) < 4.78 is 17.3. The fourth-order valence-electron chi connectivity index (χ4n) is 2.50. The largest absolute Gasteiger partial charge is 0.497 e. The van der Waals surface area contributed by atoms with Gasteiger partial charge in [0.15, 0.2) is 5.58 Å². The maximum absolute atomic E-state index is 11.9. The summed E-state index contributed by atoms with van der Waals surface area (Å²) in [7, 11) is 1.60. The molecule has 25 heavy (non-hydrogen) atoms. The number of hydrogen-bond acceptors (Lipinski definition) is 5. The third-order valence-corrected chi connectivity index (χ3v) is 3.77. The average molecular weight is 343 g/mol. The first kappa shape index (κ1) is 16.6. The second-order valence-corrected chi connectivity index (χ2v) is 5.38. The van der Waals surface area contributed by atoms with Crippen LogP contribution < -0.4 is 15.2 Å². The number of carbonyl (C=O) groups is 1. The van der Waals surface area contributed by atoms with E-state index in [0.29, 0.717) is 25.1 Å². The van der Waals surface area contributed by atoms with Gasteiger partial charge in [0.2, 0.25) is 0 Å². The van der Waals surface area contributed by atoms with Crippen LogP contribution in [0.1, 0.15) is 16.8 Å². The van der Waals surface area contributed by atoms with Gasteiger partial charge in [-0.1, -0.05) is 0 Å². The maximum atomic E-state index is 11.9. The predicted octanol–water partition coefficient (Wildman–Crippen LogP) is 2.77. The monoisotopic (exact) mass is 343 g/mol. The van der Waals surface area contributed by atoms with E-state index in [9.17, 15) is 9.59 Å². The van der Waals surface area contributed by atoms with E-state index in [1.54, 1.807) is 13.2 Å². The molecule has 0 amide bonds. The third kappa shape index (κ3) is 3.65. The minimum absolute atomic E-state index is 0.0799. The number of carboxylic acids is 1. The molecule has 0 bridgehead atoms. The highest BCUT2D eigenvalue weighted by Crippen LogP contribution is 2.18. The standard InChI is InChI=1S/C18H17NO6/c1-23-13-4-6-14(7-5-13)24-10-2-9-19-15-8-3-12(17(20)21)11-16(15)25-18(19)22/h3-8,11H,2,9-10H2,1H3,(H,20,21). The Kier molecular flexibility index (Phi) is 4.74. The highest BCUT2D eigenvalue weighted by molar-refractivity contribution is 5.91. The summed E-state index contributed by atoms with van der Waals surface area (Å²) in [6, 6.07) is 11.6. The minimum Gasteiger partial charge on any atom is -0.497 e. The molecule has 0 aliphatic carbocycles. The van der Waals surface area contributed by atoms with Gasteiger partial charge in [-0.2, -0.15) is 0 Å². The van der Waals surface area contributed by atoms with Crippen LogP contribution in [0.4, 0.5) is 0 Å². The van der Waals surface area contributed by atoms with Crippen LogP contribution in [0.5, 0.6) is 11.5 Å². The van der Waals surface area contributed by atoms with E-state index in [4.69, 9.17) is 19.0 Å². The summed E-state index contributed by atoms with van der Waals surface area (Å²) in [6.45, 7) is 0.840. The van der Waals surface area contributed by atoms with E-state index < -0.39 is 11.7 Å². The van der Waals surface area contributed by atoms with Crippen LogP contribution in [-0.4, -0.2) is 29.4 Å². The molecule has 0 saturated heterocycles. The van der Waals surface area contributed by atoms with Crippen molar-refractivity contribution in [3.63, 3.8) is 0 Å². The first-order valence-electron chi connectivity index (χ1n) is 7.72. The molecule has 0 radical (unpaired) electrons. The lowest BCUT2D eigenvalue weighted by molar-refractivity contribution is 0.0697. The third-order valence-electron chi connectivity index (χ3n) is 3.77. The van der Waals surface area contributed by atoms with Crippen LogP contribution in [0.15, 0.2) is 51.7 Å². The quantitative estimate of drug-likeness (QED) is 0.663. The Bertz CT molecular complexity index is 938. The number of aryl methyl sites for hydroxylation is 1. The van der Waals surface area contributed by atoms with E-state index in [1.807, 2.05) is 24.3 Å². The summed E-state index contributed by atoms with van der Waals surface area (Å²) in [5, 5.41) is 8.98. The lowest BCUT2D eigenvalue weighted by atomic mass is 10.2. The van der Waals surface area contributed by atoms with Gasteiger partial charge in [-0.05, 0) is 48.9 Å². The van der Waals surface area contributed by atoms with Gasteiger partial charge in [0.05, 0.1) is 24.8 Å². The van der Waals surface area contributed by atoms with Gasteiger partial charge in [-0.15, -0.1) is 0 Å². The van der Waals surface area contributed by atoms with E-state index in [2.05, 4.69) is 0 Å². The normalized spacial score (nSPS) is 10.8. The van der Waals surface area contributed by atoms with Crippen LogP contribution in [0.2, 0.25) is 0 Å². The Hall–Kier alpha value is -3.22. The molecule has 0 unspecified atom stereocenters. The van der Waals surface area contributed by atoms with Crippen molar-refractivity contribution in [1.29, 1.82) is 0 Å². The lowest BCUT2D eigenvalue weighted by Gasteiger charge is -2.07. The van der Waals surface area contributed by atoms with Gasteiger partial charge in [0.1, 0.15) is 11.5 Å². The molecule has 130 valence electrons. The van der Waals surface area contributed by atoms with Crippen molar-refractivity contribution in [1.82, 2.24) is 4.57 Å². The second kappa shape index (κ2) is 7.12. The number of rotatable bonds is 7. The molecule has 0 fully saturated rings.